The molecule has 0 bridgehead atoms. The molecule has 0 fully saturated rings. The predicted molar refractivity (Wildman–Crippen MR) is 40.3 cm³/mol. The Labute approximate surface area is 62.2 Å². The van der Waals surface area contributed by atoms with Crippen molar-refractivity contribution in [2.24, 2.45) is 10.8 Å². The molecular weight excluding hydrogens is 146 g/mol. The summed E-state index contributed by atoms with van der Waals surface area (Å²) in [6.07, 6.45) is 2.62. The van der Waals surface area contributed by atoms with Crippen molar-refractivity contribution >= 4 is 12.2 Å². The minimum atomic E-state index is -0.434. The average Bonchev–Trinajstić information content (AvgIpc) is 2.01. The molecule has 0 spiro atoms. The molecule has 1 rings (SSSR count). The lowest BCUT2D eigenvalue weighted by Crippen LogP contribution is -2.19. The zero-order valence-electron chi connectivity index (χ0n) is 5.61. The Balaban J connectivity index is 2.88. The largest absolute Gasteiger partial charge is 0.346 e. The van der Waals surface area contributed by atoms with E-state index in [4.69, 9.17) is 5.84 Å². The number of hydrazine groups is 1. The maximum Gasteiger partial charge on any atom is 0.346 e. The van der Waals surface area contributed by atoms with Gasteiger partial charge in [-0.3, -0.25) is 4.98 Å². The molecule has 0 unspecified atom stereocenters. The smallest absolute Gasteiger partial charge is 0.315 e. The number of aliphatic imine (C=N–C) groups is 1. The zero-order chi connectivity index (χ0) is 8.10. The molecule has 1 heterocycles. The molecule has 0 amide bonds. The first-order chi connectivity index (χ1) is 5.33. The maximum atomic E-state index is 10.6. The fourth-order valence-corrected chi connectivity index (χ4v) is 0.541. The monoisotopic (exact) mass is 153 g/mol. The van der Waals surface area contributed by atoms with Gasteiger partial charge in [-0.2, -0.15) is 0 Å². The van der Waals surface area contributed by atoms with Gasteiger partial charge >= 0.3 is 5.69 Å². The molecule has 0 atom stereocenters. The summed E-state index contributed by atoms with van der Waals surface area (Å²) in [6, 6.07) is 1.55. The van der Waals surface area contributed by atoms with Crippen molar-refractivity contribution in [3.63, 3.8) is 0 Å². The number of nitrogens with two attached hydrogens (primary N) is 1. The highest BCUT2D eigenvalue weighted by Gasteiger charge is 1.86. The van der Waals surface area contributed by atoms with Crippen molar-refractivity contribution < 1.29 is 0 Å². The van der Waals surface area contributed by atoms with Gasteiger partial charge in [-0.1, -0.05) is 0 Å². The van der Waals surface area contributed by atoms with Crippen LogP contribution in [-0.4, -0.2) is 16.3 Å². The third-order valence-electron chi connectivity index (χ3n) is 0.937. The van der Waals surface area contributed by atoms with Crippen molar-refractivity contribution in [3.05, 3.63) is 22.7 Å². The maximum absolute atomic E-state index is 10.6. The van der Waals surface area contributed by atoms with Gasteiger partial charge in [0, 0.05) is 6.20 Å². The number of rotatable bonds is 2. The van der Waals surface area contributed by atoms with Crippen LogP contribution in [0.15, 0.2) is 22.1 Å². The topological polar surface area (TPSA) is 96.2 Å². The van der Waals surface area contributed by atoms with E-state index in [1.807, 2.05) is 0 Å². The number of hydrogen-bond acceptors (Lipinski definition) is 4. The molecule has 11 heavy (non-hydrogen) atoms. The number of nitrogens with one attached hydrogen (secondary N) is 2. The molecule has 1 aromatic rings. The van der Waals surface area contributed by atoms with E-state index in [9.17, 15) is 4.79 Å². The second kappa shape index (κ2) is 3.47. The first kappa shape index (κ1) is 7.42. The van der Waals surface area contributed by atoms with Crippen LogP contribution in [-0.2, 0) is 0 Å². The molecule has 6 nitrogen and oxygen atoms in total. The van der Waals surface area contributed by atoms with Crippen molar-refractivity contribution in [3.8, 4) is 0 Å². The summed E-state index contributed by atoms with van der Waals surface area (Å²) in [5, 5.41) is 0. The number of hydrogen-bond donors (Lipinski definition) is 3. The summed E-state index contributed by atoms with van der Waals surface area (Å²) in [6.45, 7) is 0. The highest BCUT2D eigenvalue weighted by atomic mass is 16.1. The lowest BCUT2D eigenvalue weighted by Gasteiger charge is -1.89. The summed E-state index contributed by atoms with van der Waals surface area (Å²) in [5.74, 6) is 5.31. The third-order valence-corrected chi connectivity index (χ3v) is 0.937. The highest BCUT2D eigenvalue weighted by Crippen LogP contribution is 1.98. The zero-order valence-corrected chi connectivity index (χ0v) is 5.61. The van der Waals surface area contributed by atoms with Gasteiger partial charge in [0.05, 0.1) is 0 Å². The SMILES string of the molecule is NN/C=N/c1ccnc(=O)[nH]1. The summed E-state index contributed by atoms with van der Waals surface area (Å²) in [7, 11) is 0. The normalized spacial score (nSPS) is 10.3. The Morgan fingerprint density at radius 1 is 1.82 bits per heavy atom. The van der Waals surface area contributed by atoms with E-state index in [1.54, 1.807) is 6.07 Å². The fourth-order valence-electron chi connectivity index (χ4n) is 0.541. The summed E-state index contributed by atoms with van der Waals surface area (Å²) >= 11 is 0. The number of nitrogens with zero attached hydrogens (tertiary/aromatic N) is 2. The van der Waals surface area contributed by atoms with Gasteiger partial charge in [-0.15, -0.1) is 0 Å². The van der Waals surface area contributed by atoms with Crippen LogP contribution < -0.4 is 17.0 Å². The van der Waals surface area contributed by atoms with Crippen LogP contribution in [0, 0.1) is 0 Å². The van der Waals surface area contributed by atoms with E-state index in [0.29, 0.717) is 5.82 Å². The summed E-state index contributed by atoms with van der Waals surface area (Å²) < 4.78 is 0. The Hall–Kier alpha value is -1.69. The van der Waals surface area contributed by atoms with Crippen LogP contribution >= 0.6 is 0 Å². The second-order valence-electron chi connectivity index (χ2n) is 1.69. The van der Waals surface area contributed by atoms with Crippen LogP contribution in [0.3, 0.4) is 0 Å². The Morgan fingerprint density at radius 3 is 3.27 bits per heavy atom. The van der Waals surface area contributed by atoms with E-state index in [1.165, 1.54) is 12.5 Å². The predicted octanol–water partition coefficient (Wildman–Crippen LogP) is -1.11. The average molecular weight is 153 g/mol. The molecule has 4 N–H and O–H groups in total. The molecule has 0 aromatic carbocycles. The highest BCUT2D eigenvalue weighted by molar-refractivity contribution is 5.57. The molecule has 0 radical (unpaired) electrons. The van der Waals surface area contributed by atoms with Gasteiger partial charge in [0.2, 0.25) is 0 Å². The van der Waals surface area contributed by atoms with E-state index < -0.39 is 5.69 Å². The first-order valence-corrected chi connectivity index (χ1v) is 2.87. The quantitative estimate of drug-likeness (QED) is 0.217. The molecule has 58 valence electrons. The van der Waals surface area contributed by atoms with Crippen molar-refractivity contribution in [1.82, 2.24) is 15.4 Å². The fraction of sp³-hybridized carbons (Fsp3) is 0. The van der Waals surface area contributed by atoms with Gasteiger partial charge in [-0.25, -0.2) is 20.6 Å². The first-order valence-electron chi connectivity index (χ1n) is 2.87. The standard InChI is InChI=1S/C5H7N5O/c6-9-3-8-4-1-2-7-5(11)10-4/h1-3H,6H2,(H2,7,8,9,10,11). The Kier molecular flexibility index (Phi) is 2.34. The lowest BCUT2D eigenvalue weighted by molar-refractivity contribution is 1.03. The van der Waals surface area contributed by atoms with Crippen molar-refractivity contribution in [2.45, 2.75) is 0 Å². The van der Waals surface area contributed by atoms with E-state index >= 15 is 0 Å². The van der Waals surface area contributed by atoms with Gasteiger partial charge in [0.1, 0.15) is 12.2 Å². The summed E-state index contributed by atoms with van der Waals surface area (Å²) in [5.41, 5.74) is 1.77. The lowest BCUT2D eigenvalue weighted by atomic mass is 10.6. The third kappa shape index (κ3) is 2.18. The molecule has 1 aromatic heterocycles. The van der Waals surface area contributed by atoms with Crippen LogP contribution in [0.2, 0.25) is 0 Å². The van der Waals surface area contributed by atoms with Gasteiger partial charge in [0.25, 0.3) is 0 Å². The van der Waals surface area contributed by atoms with Gasteiger partial charge in [0.15, 0.2) is 0 Å². The minimum absolute atomic E-state index is 0.406. The van der Waals surface area contributed by atoms with Crippen LogP contribution in [0.4, 0.5) is 5.82 Å². The summed E-state index contributed by atoms with van der Waals surface area (Å²) in [4.78, 5) is 20.1. The number of aromatic nitrogens is 2. The Morgan fingerprint density at radius 2 is 2.64 bits per heavy atom. The number of aromatic amines is 1. The van der Waals surface area contributed by atoms with Crippen molar-refractivity contribution in [1.29, 1.82) is 0 Å². The molecule has 0 aliphatic rings. The van der Waals surface area contributed by atoms with Crippen LogP contribution in [0.25, 0.3) is 0 Å². The van der Waals surface area contributed by atoms with Gasteiger partial charge < -0.3 is 5.43 Å². The van der Waals surface area contributed by atoms with Crippen LogP contribution in [0.5, 0.6) is 0 Å². The van der Waals surface area contributed by atoms with E-state index in [0.717, 1.165) is 0 Å². The Bertz CT molecular complexity index is 304. The molecule has 0 saturated carbocycles. The molecule has 0 saturated heterocycles. The van der Waals surface area contributed by atoms with Crippen LogP contribution in [0.1, 0.15) is 0 Å². The van der Waals surface area contributed by atoms with E-state index in [-0.39, 0.29) is 0 Å². The molecule has 0 aliphatic carbocycles. The van der Waals surface area contributed by atoms with Gasteiger partial charge in [-0.05, 0) is 6.07 Å². The minimum Gasteiger partial charge on any atom is -0.315 e. The number of H-pyrrole nitrogens is 1. The molecule has 0 aliphatic heterocycles. The second-order valence-corrected chi connectivity index (χ2v) is 1.69. The van der Waals surface area contributed by atoms with Crippen molar-refractivity contribution in [2.75, 3.05) is 0 Å². The molecular formula is C5H7N5O. The molecule has 6 heteroatoms. The van der Waals surface area contributed by atoms with E-state index in [2.05, 4.69) is 20.4 Å².